The van der Waals surface area contributed by atoms with Crippen LogP contribution in [0.5, 0.6) is 0 Å². The van der Waals surface area contributed by atoms with E-state index < -0.39 is 0 Å². The first-order chi connectivity index (χ1) is 13.4. The number of carbonyl (C=O) groups excluding carboxylic acids is 3. The van der Waals surface area contributed by atoms with Gasteiger partial charge in [-0.3, -0.25) is 19.3 Å². The molecule has 1 heterocycles. The van der Waals surface area contributed by atoms with Crippen LogP contribution in [0, 0.1) is 25.7 Å². The third kappa shape index (κ3) is 3.24. The van der Waals surface area contributed by atoms with E-state index >= 15 is 0 Å². The van der Waals surface area contributed by atoms with Gasteiger partial charge in [0.1, 0.15) is 0 Å². The maximum atomic E-state index is 12.8. The molecule has 0 aromatic heterocycles. The first-order valence-corrected chi connectivity index (χ1v) is 9.46. The predicted molar refractivity (Wildman–Crippen MR) is 108 cm³/mol. The predicted octanol–water partition coefficient (Wildman–Crippen LogP) is 4.01. The Bertz CT molecular complexity index is 962. The molecule has 2 aliphatic rings. The van der Waals surface area contributed by atoms with Crippen molar-refractivity contribution in [1.29, 1.82) is 0 Å². The minimum atomic E-state index is -0.287. The molecule has 1 fully saturated rings. The lowest BCUT2D eigenvalue weighted by Crippen LogP contribution is -2.31. The number of anilines is 2. The van der Waals surface area contributed by atoms with Crippen molar-refractivity contribution < 1.29 is 14.4 Å². The summed E-state index contributed by atoms with van der Waals surface area (Å²) >= 11 is 0. The fourth-order valence-corrected chi connectivity index (χ4v) is 4.09. The summed E-state index contributed by atoms with van der Waals surface area (Å²) in [6.07, 6.45) is 5.12. The number of carbonyl (C=O) groups is 3. The Hall–Kier alpha value is -3.21. The van der Waals surface area contributed by atoms with Crippen molar-refractivity contribution in [3.63, 3.8) is 0 Å². The average Bonchev–Trinajstić information content (AvgIpc) is 2.92. The summed E-state index contributed by atoms with van der Waals surface area (Å²) in [4.78, 5) is 39.5. The van der Waals surface area contributed by atoms with Crippen LogP contribution in [0.25, 0.3) is 0 Å². The monoisotopic (exact) mass is 374 g/mol. The summed E-state index contributed by atoms with van der Waals surface area (Å²) < 4.78 is 0. The van der Waals surface area contributed by atoms with Crippen molar-refractivity contribution in [2.24, 2.45) is 11.8 Å². The Balaban J connectivity index is 1.58. The minimum Gasteiger partial charge on any atom is -0.322 e. The SMILES string of the molecule is Cc1cc(C)cc(NC(=O)c2cccc(N3C(=O)[C@@H]4CC=CC[C@H]4C3=O)c2)c1. The highest BCUT2D eigenvalue weighted by Crippen LogP contribution is 2.37. The van der Waals surface area contributed by atoms with Crippen LogP contribution in [0.2, 0.25) is 0 Å². The Morgan fingerprint density at radius 3 is 2.14 bits per heavy atom. The molecule has 5 nitrogen and oxygen atoms in total. The average molecular weight is 374 g/mol. The van der Waals surface area contributed by atoms with Crippen LogP contribution in [-0.4, -0.2) is 17.7 Å². The van der Waals surface area contributed by atoms with E-state index in [1.54, 1.807) is 24.3 Å². The zero-order chi connectivity index (χ0) is 19.8. The molecule has 3 amide bonds. The largest absolute Gasteiger partial charge is 0.322 e. The van der Waals surface area contributed by atoms with Crippen molar-refractivity contribution in [3.8, 4) is 0 Å². The first kappa shape index (κ1) is 18.2. The smallest absolute Gasteiger partial charge is 0.255 e. The molecule has 0 radical (unpaired) electrons. The summed E-state index contributed by atoms with van der Waals surface area (Å²) in [5.41, 5.74) is 3.71. The van der Waals surface area contributed by atoms with Gasteiger partial charge in [-0.25, -0.2) is 0 Å². The zero-order valence-electron chi connectivity index (χ0n) is 15.9. The first-order valence-electron chi connectivity index (χ1n) is 9.46. The second-order valence-corrected chi connectivity index (χ2v) is 7.55. The van der Waals surface area contributed by atoms with Gasteiger partial charge in [-0.2, -0.15) is 0 Å². The van der Waals surface area contributed by atoms with Crippen LogP contribution in [0.3, 0.4) is 0 Å². The molecule has 0 saturated carbocycles. The van der Waals surface area contributed by atoms with Gasteiger partial charge < -0.3 is 5.32 Å². The third-order valence-electron chi connectivity index (χ3n) is 5.35. The number of rotatable bonds is 3. The Morgan fingerprint density at radius 1 is 0.929 bits per heavy atom. The number of hydrogen-bond donors (Lipinski definition) is 1. The highest BCUT2D eigenvalue weighted by molar-refractivity contribution is 6.22. The minimum absolute atomic E-state index is 0.175. The van der Waals surface area contributed by atoms with E-state index in [0.29, 0.717) is 24.1 Å². The molecule has 1 aliphatic carbocycles. The molecule has 0 unspecified atom stereocenters. The van der Waals surface area contributed by atoms with Crippen molar-refractivity contribution >= 4 is 29.1 Å². The van der Waals surface area contributed by atoms with E-state index in [-0.39, 0.29) is 29.6 Å². The lowest BCUT2D eigenvalue weighted by molar-refractivity contribution is -0.122. The van der Waals surface area contributed by atoms with Crippen LogP contribution in [0.4, 0.5) is 11.4 Å². The van der Waals surface area contributed by atoms with Gasteiger partial charge in [0.15, 0.2) is 0 Å². The van der Waals surface area contributed by atoms with Crippen LogP contribution in [0.1, 0.15) is 34.3 Å². The molecular formula is C23H22N2O3. The Labute approximate surface area is 164 Å². The van der Waals surface area contributed by atoms with Crippen LogP contribution >= 0.6 is 0 Å². The van der Waals surface area contributed by atoms with Crippen LogP contribution in [-0.2, 0) is 9.59 Å². The molecule has 0 bridgehead atoms. The van der Waals surface area contributed by atoms with E-state index in [4.69, 9.17) is 0 Å². The van der Waals surface area contributed by atoms with Crippen molar-refractivity contribution in [3.05, 3.63) is 71.3 Å². The highest BCUT2D eigenvalue weighted by atomic mass is 16.2. The normalized spacial score (nSPS) is 21.0. The molecule has 4 rings (SSSR count). The van der Waals surface area contributed by atoms with Gasteiger partial charge >= 0.3 is 0 Å². The summed E-state index contributed by atoms with van der Waals surface area (Å²) in [7, 11) is 0. The van der Waals surface area contributed by atoms with E-state index in [0.717, 1.165) is 16.8 Å². The molecule has 5 heteroatoms. The summed E-state index contributed by atoms with van der Waals surface area (Å²) in [6, 6.07) is 12.5. The zero-order valence-corrected chi connectivity index (χ0v) is 15.9. The van der Waals surface area contributed by atoms with Crippen molar-refractivity contribution in [2.45, 2.75) is 26.7 Å². The Morgan fingerprint density at radius 2 is 1.54 bits per heavy atom. The molecule has 28 heavy (non-hydrogen) atoms. The van der Waals surface area contributed by atoms with Crippen molar-refractivity contribution in [2.75, 3.05) is 10.2 Å². The van der Waals surface area contributed by atoms with Gasteiger partial charge in [-0.1, -0.05) is 24.3 Å². The maximum Gasteiger partial charge on any atom is 0.255 e. The molecule has 142 valence electrons. The molecule has 2 aromatic carbocycles. The molecule has 2 aromatic rings. The molecule has 1 aliphatic heterocycles. The summed E-state index contributed by atoms with van der Waals surface area (Å²) in [5, 5.41) is 2.89. The number of amides is 3. The second kappa shape index (κ2) is 7.08. The van der Waals surface area contributed by atoms with Crippen LogP contribution in [0.15, 0.2) is 54.6 Å². The number of hydrogen-bond acceptors (Lipinski definition) is 3. The molecule has 0 spiro atoms. The topological polar surface area (TPSA) is 66.5 Å². The number of aryl methyl sites for hydroxylation is 2. The standard InChI is InChI=1S/C23H22N2O3/c1-14-10-15(2)12-17(11-14)24-21(26)16-6-5-7-18(13-16)25-22(27)19-8-3-4-9-20(19)23(25)28/h3-7,10-13,19-20H,8-9H2,1-2H3,(H,24,26)/t19-,20-/m1/s1. The van der Waals surface area contributed by atoms with E-state index in [9.17, 15) is 14.4 Å². The highest BCUT2D eigenvalue weighted by Gasteiger charge is 2.47. The molecular weight excluding hydrogens is 352 g/mol. The van der Waals surface area contributed by atoms with Gasteiger partial charge in [0.05, 0.1) is 17.5 Å². The number of allylic oxidation sites excluding steroid dienone is 2. The number of benzene rings is 2. The lowest BCUT2D eigenvalue weighted by atomic mass is 9.85. The quantitative estimate of drug-likeness (QED) is 0.652. The number of fused-ring (bicyclic) bond motifs is 1. The Kier molecular flexibility index (Phi) is 4.59. The van der Waals surface area contributed by atoms with Gasteiger partial charge in [-0.05, 0) is 68.1 Å². The van der Waals surface area contributed by atoms with Gasteiger partial charge in [-0.15, -0.1) is 0 Å². The fraction of sp³-hybridized carbons (Fsp3) is 0.261. The molecule has 1 N–H and O–H groups in total. The molecule has 2 atom stereocenters. The number of imide groups is 1. The van der Waals surface area contributed by atoms with E-state index in [1.807, 2.05) is 44.2 Å². The number of nitrogens with zero attached hydrogens (tertiary/aromatic N) is 1. The summed E-state index contributed by atoms with van der Waals surface area (Å²) in [6.45, 7) is 3.95. The van der Waals surface area contributed by atoms with E-state index in [1.165, 1.54) is 4.90 Å². The second-order valence-electron chi connectivity index (χ2n) is 7.55. The maximum absolute atomic E-state index is 12.8. The van der Waals surface area contributed by atoms with Gasteiger partial charge in [0.25, 0.3) is 5.91 Å². The lowest BCUT2D eigenvalue weighted by Gasteiger charge is -2.16. The fourth-order valence-electron chi connectivity index (χ4n) is 4.09. The van der Waals surface area contributed by atoms with Crippen molar-refractivity contribution in [1.82, 2.24) is 0 Å². The molecule has 1 saturated heterocycles. The third-order valence-corrected chi connectivity index (χ3v) is 5.35. The van der Waals surface area contributed by atoms with Crippen LogP contribution < -0.4 is 10.2 Å². The van der Waals surface area contributed by atoms with Gasteiger partial charge in [0.2, 0.25) is 11.8 Å². The van der Waals surface area contributed by atoms with E-state index in [2.05, 4.69) is 5.32 Å². The van der Waals surface area contributed by atoms with Gasteiger partial charge in [0, 0.05) is 11.3 Å². The number of nitrogens with one attached hydrogen (secondary N) is 1. The summed E-state index contributed by atoms with van der Waals surface area (Å²) in [5.74, 6) is -1.20.